The van der Waals surface area contributed by atoms with Gasteiger partial charge in [-0.25, -0.2) is 0 Å². The van der Waals surface area contributed by atoms with E-state index >= 15 is 0 Å². The molecule has 1 aromatic heterocycles. The summed E-state index contributed by atoms with van der Waals surface area (Å²) in [6.07, 6.45) is 4.76. The zero-order valence-electron chi connectivity index (χ0n) is 19.5. The molecule has 1 N–H and O–H groups in total. The highest BCUT2D eigenvalue weighted by Gasteiger charge is 2.30. The van der Waals surface area contributed by atoms with E-state index in [-0.39, 0.29) is 17.4 Å². The van der Waals surface area contributed by atoms with Crippen molar-refractivity contribution in [1.29, 1.82) is 0 Å². The number of carbonyl (C=O) groups excluding carboxylic acids is 2. The number of hydrogen-bond acceptors (Lipinski definition) is 4. The van der Waals surface area contributed by atoms with E-state index in [9.17, 15) is 14.4 Å². The SMILES string of the molecule is O=C1CC[C@H](c2cccc(-c3ccc(N4CCC(Cn5ccccc5=O)CC4)cc3)c2Cl)C(=O)N1. The molecule has 7 heteroatoms. The van der Waals surface area contributed by atoms with E-state index in [1.807, 2.05) is 35.0 Å². The molecule has 2 fully saturated rings. The lowest BCUT2D eigenvalue weighted by Crippen LogP contribution is -2.39. The van der Waals surface area contributed by atoms with Crippen molar-refractivity contribution in [3.63, 3.8) is 0 Å². The van der Waals surface area contributed by atoms with Crippen LogP contribution in [0.2, 0.25) is 5.02 Å². The first-order valence-corrected chi connectivity index (χ1v) is 12.5. The number of anilines is 1. The molecule has 0 radical (unpaired) electrons. The molecule has 3 aromatic rings. The molecular weight excluding hydrogens is 462 g/mol. The largest absolute Gasteiger partial charge is 0.372 e. The Balaban J connectivity index is 1.26. The molecule has 0 saturated carbocycles. The summed E-state index contributed by atoms with van der Waals surface area (Å²) in [7, 11) is 0. The first-order chi connectivity index (χ1) is 17.0. The van der Waals surface area contributed by atoms with Crippen LogP contribution in [-0.4, -0.2) is 29.5 Å². The van der Waals surface area contributed by atoms with Gasteiger partial charge in [-0.1, -0.05) is 48.0 Å². The molecule has 0 aliphatic carbocycles. The predicted molar refractivity (Wildman–Crippen MR) is 138 cm³/mol. The van der Waals surface area contributed by atoms with E-state index in [0.717, 1.165) is 49.2 Å². The third kappa shape index (κ3) is 5.03. The number of imide groups is 1. The number of aromatic nitrogens is 1. The zero-order valence-corrected chi connectivity index (χ0v) is 20.2. The van der Waals surface area contributed by atoms with Crippen LogP contribution < -0.4 is 15.8 Å². The highest BCUT2D eigenvalue weighted by atomic mass is 35.5. The number of rotatable bonds is 5. The Bertz CT molecular complexity index is 1290. The first-order valence-electron chi connectivity index (χ1n) is 12.1. The highest BCUT2D eigenvalue weighted by Crippen LogP contribution is 2.37. The minimum absolute atomic E-state index is 0.0610. The summed E-state index contributed by atoms with van der Waals surface area (Å²) < 4.78 is 1.81. The van der Waals surface area contributed by atoms with Crippen LogP contribution in [0.15, 0.2) is 71.7 Å². The monoisotopic (exact) mass is 489 g/mol. The van der Waals surface area contributed by atoms with Gasteiger partial charge in [0.1, 0.15) is 0 Å². The van der Waals surface area contributed by atoms with Crippen molar-refractivity contribution in [2.45, 2.75) is 38.1 Å². The Morgan fingerprint density at radius 1 is 0.886 bits per heavy atom. The van der Waals surface area contributed by atoms with Gasteiger partial charge >= 0.3 is 0 Å². The standard InChI is InChI=1S/C28H28ClN3O3/c29-27-22(4-3-5-23(27)24-11-12-25(33)30-28(24)35)20-7-9-21(10-8-20)31-16-13-19(14-17-31)18-32-15-2-1-6-26(32)34/h1-10,15,19,24H,11-14,16-18H2,(H,30,33,35)/t24-/m1/s1. The fourth-order valence-electron chi connectivity index (χ4n) is 5.15. The number of halogens is 1. The van der Waals surface area contributed by atoms with Crippen molar-refractivity contribution < 1.29 is 9.59 Å². The van der Waals surface area contributed by atoms with E-state index in [0.29, 0.717) is 23.8 Å². The molecule has 5 rings (SSSR count). The zero-order chi connectivity index (χ0) is 24.4. The minimum atomic E-state index is -0.410. The smallest absolute Gasteiger partial charge is 0.250 e. The van der Waals surface area contributed by atoms with Crippen LogP contribution >= 0.6 is 11.6 Å². The van der Waals surface area contributed by atoms with Crippen molar-refractivity contribution >= 4 is 29.1 Å². The maximum absolute atomic E-state index is 12.4. The summed E-state index contributed by atoms with van der Waals surface area (Å²) in [6.45, 7) is 2.68. The van der Waals surface area contributed by atoms with Gasteiger partial charge < -0.3 is 9.47 Å². The van der Waals surface area contributed by atoms with E-state index in [2.05, 4.69) is 34.5 Å². The van der Waals surface area contributed by atoms with E-state index in [4.69, 9.17) is 11.6 Å². The van der Waals surface area contributed by atoms with Crippen molar-refractivity contribution in [1.82, 2.24) is 9.88 Å². The third-order valence-corrected chi connectivity index (χ3v) is 7.58. The first kappa shape index (κ1) is 23.4. The molecule has 1 atom stereocenters. The van der Waals surface area contributed by atoms with Crippen LogP contribution in [0.4, 0.5) is 5.69 Å². The van der Waals surface area contributed by atoms with Crippen LogP contribution in [0.5, 0.6) is 0 Å². The molecule has 6 nitrogen and oxygen atoms in total. The molecule has 0 unspecified atom stereocenters. The molecule has 2 aromatic carbocycles. The van der Waals surface area contributed by atoms with E-state index in [1.165, 1.54) is 5.69 Å². The van der Waals surface area contributed by atoms with Gasteiger partial charge in [-0.15, -0.1) is 0 Å². The molecule has 2 saturated heterocycles. The average Bonchev–Trinajstić information content (AvgIpc) is 2.87. The van der Waals surface area contributed by atoms with Gasteiger partial charge in [0.05, 0.1) is 10.9 Å². The van der Waals surface area contributed by atoms with Gasteiger partial charge in [-0.05, 0) is 54.5 Å². The second-order valence-corrected chi connectivity index (χ2v) is 9.76. The van der Waals surface area contributed by atoms with Crippen LogP contribution in [0.1, 0.15) is 37.2 Å². The molecule has 180 valence electrons. The van der Waals surface area contributed by atoms with Gasteiger partial charge in [-0.3, -0.25) is 19.7 Å². The summed E-state index contributed by atoms with van der Waals surface area (Å²) in [5.41, 5.74) is 3.86. The summed E-state index contributed by atoms with van der Waals surface area (Å²) in [5, 5.41) is 2.98. The van der Waals surface area contributed by atoms with Gasteiger partial charge in [-0.2, -0.15) is 0 Å². The molecular formula is C28H28ClN3O3. The molecule has 2 aliphatic heterocycles. The Kier molecular flexibility index (Phi) is 6.73. The number of carbonyl (C=O) groups is 2. The van der Waals surface area contributed by atoms with Crippen LogP contribution in [0.3, 0.4) is 0 Å². The van der Waals surface area contributed by atoms with Gasteiger partial charge in [0.2, 0.25) is 11.8 Å². The molecule has 2 aliphatic rings. The highest BCUT2D eigenvalue weighted by molar-refractivity contribution is 6.34. The Hall–Kier alpha value is -3.38. The maximum atomic E-state index is 12.4. The fraction of sp³-hybridized carbons (Fsp3) is 0.321. The van der Waals surface area contributed by atoms with Crippen molar-refractivity contribution in [2.24, 2.45) is 5.92 Å². The predicted octanol–water partition coefficient (Wildman–Crippen LogP) is 4.61. The average molecular weight is 490 g/mol. The molecule has 2 amide bonds. The second-order valence-electron chi connectivity index (χ2n) is 9.38. The Labute approximate surface area is 209 Å². The lowest BCUT2D eigenvalue weighted by atomic mass is 9.88. The summed E-state index contributed by atoms with van der Waals surface area (Å²) in [4.78, 5) is 38.3. The molecule has 0 spiro atoms. The van der Waals surface area contributed by atoms with Gasteiger partial charge in [0.25, 0.3) is 5.56 Å². The number of hydrogen-bond donors (Lipinski definition) is 1. The van der Waals surface area contributed by atoms with Crippen LogP contribution in [-0.2, 0) is 16.1 Å². The number of nitrogens with one attached hydrogen (secondary N) is 1. The normalized spacial score (nSPS) is 19.0. The number of piperidine rings is 2. The van der Waals surface area contributed by atoms with Crippen molar-refractivity contribution in [3.05, 3.63) is 87.8 Å². The molecule has 35 heavy (non-hydrogen) atoms. The Morgan fingerprint density at radius 2 is 1.66 bits per heavy atom. The summed E-state index contributed by atoms with van der Waals surface area (Å²) >= 11 is 6.76. The topological polar surface area (TPSA) is 71.4 Å². The number of benzene rings is 2. The fourth-order valence-corrected chi connectivity index (χ4v) is 5.51. The maximum Gasteiger partial charge on any atom is 0.250 e. The van der Waals surface area contributed by atoms with Gasteiger partial charge in [0, 0.05) is 49.6 Å². The van der Waals surface area contributed by atoms with Crippen LogP contribution in [0.25, 0.3) is 11.1 Å². The van der Waals surface area contributed by atoms with E-state index < -0.39 is 5.92 Å². The minimum Gasteiger partial charge on any atom is -0.372 e. The third-order valence-electron chi connectivity index (χ3n) is 7.16. The summed E-state index contributed by atoms with van der Waals surface area (Å²) in [6, 6.07) is 19.4. The summed E-state index contributed by atoms with van der Waals surface area (Å²) in [5.74, 6) is -0.421. The lowest BCUT2D eigenvalue weighted by molar-refractivity contribution is -0.134. The van der Waals surface area contributed by atoms with Crippen molar-refractivity contribution in [2.75, 3.05) is 18.0 Å². The van der Waals surface area contributed by atoms with Gasteiger partial charge in [0.15, 0.2) is 0 Å². The van der Waals surface area contributed by atoms with Crippen LogP contribution in [0, 0.1) is 5.92 Å². The van der Waals surface area contributed by atoms with E-state index in [1.54, 1.807) is 12.1 Å². The second kappa shape index (κ2) is 10.1. The van der Waals surface area contributed by atoms with Crippen molar-refractivity contribution in [3.8, 4) is 11.1 Å². The molecule has 0 bridgehead atoms. The number of pyridine rings is 1. The number of nitrogens with zero attached hydrogens (tertiary/aromatic N) is 2. The quantitative estimate of drug-likeness (QED) is 0.531. The molecule has 3 heterocycles. The number of amides is 2. The lowest BCUT2D eigenvalue weighted by Gasteiger charge is -2.34. The Morgan fingerprint density at radius 3 is 2.37 bits per heavy atom.